The molecule has 2 heterocycles. The monoisotopic (exact) mass is 493 g/mol. The van der Waals surface area contributed by atoms with Gasteiger partial charge in [-0.3, -0.25) is 0 Å². The highest BCUT2D eigenvalue weighted by Gasteiger charge is 2.29. The highest BCUT2D eigenvalue weighted by atomic mass is 35.5. The Morgan fingerprint density at radius 3 is 2.29 bits per heavy atom. The Bertz CT molecular complexity index is 1280. The molecule has 1 unspecified atom stereocenters. The molecule has 5 rings (SSSR count). The summed E-state index contributed by atoms with van der Waals surface area (Å²) in [4.78, 5) is 16.9. The van der Waals surface area contributed by atoms with E-state index in [1.165, 1.54) is 0 Å². The van der Waals surface area contributed by atoms with Crippen molar-refractivity contribution in [3.63, 3.8) is 0 Å². The van der Waals surface area contributed by atoms with E-state index in [-0.39, 0.29) is 24.5 Å². The maximum absolute atomic E-state index is 12.8. The zero-order valence-corrected chi connectivity index (χ0v) is 20.3. The van der Waals surface area contributed by atoms with Gasteiger partial charge in [-0.05, 0) is 31.2 Å². The fourth-order valence-corrected chi connectivity index (χ4v) is 4.43. The van der Waals surface area contributed by atoms with Crippen molar-refractivity contribution in [2.45, 2.75) is 13.0 Å². The minimum atomic E-state index is -0.112. The van der Waals surface area contributed by atoms with Gasteiger partial charge in [0.2, 0.25) is 0 Å². The number of carbonyl (C=O) groups is 1. The van der Waals surface area contributed by atoms with Crippen molar-refractivity contribution in [2.75, 3.05) is 29.9 Å². The Morgan fingerprint density at radius 2 is 1.59 bits per heavy atom. The summed E-state index contributed by atoms with van der Waals surface area (Å²) in [5.41, 5.74) is 2.65. The standard InChI is InChI=1S/C26H24ClN5O.ClH/c1-18-17-31(26(33)28-21-13-11-20(27)12-14-21)15-16-32(18)25-23-10-6-5-9-22(23)24(29-30-25)19-7-3-2-4-8-19;/h2-14,18H,15-17H2,1H3,(H,28,33);1H. The van der Waals surface area contributed by atoms with Crippen molar-refractivity contribution in [1.82, 2.24) is 15.1 Å². The Morgan fingerprint density at radius 1 is 0.912 bits per heavy atom. The number of urea groups is 1. The molecule has 1 saturated heterocycles. The number of hydrogen-bond donors (Lipinski definition) is 1. The number of benzene rings is 3. The van der Waals surface area contributed by atoms with Crippen LogP contribution in [0.1, 0.15) is 6.92 Å². The number of halogens is 2. The molecule has 1 aliphatic heterocycles. The average Bonchev–Trinajstić information content (AvgIpc) is 2.85. The van der Waals surface area contributed by atoms with Crippen LogP contribution in [-0.4, -0.2) is 46.8 Å². The van der Waals surface area contributed by atoms with Gasteiger partial charge in [-0.2, -0.15) is 0 Å². The number of hydrogen-bond acceptors (Lipinski definition) is 4. The normalized spacial score (nSPS) is 15.6. The van der Waals surface area contributed by atoms with E-state index in [0.717, 1.165) is 33.5 Å². The molecule has 3 aromatic carbocycles. The van der Waals surface area contributed by atoms with Crippen molar-refractivity contribution in [3.8, 4) is 11.3 Å². The SMILES string of the molecule is CC1CN(C(=O)Nc2ccc(Cl)cc2)CCN1c1nnc(-c2ccccc2)c2ccccc12.Cl. The molecular formula is C26H25Cl2N5O. The molecule has 0 spiro atoms. The number of aromatic nitrogens is 2. The zero-order valence-electron chi connectivity index (χ0n) is 18.7. The molecule has 1 aromatic heterocycles. The van der Waals surface area contributed by atoms with Gasteiger partial charge in [-0.15, -0.1) is 22.6 Å². The highest BCUT2D eigenvalue weighted by Crippen LogP contribution is 2.32. The molecule has 6 nitrogen and oxygen atoms in total. The van der Waals surface area contributed by atoms with E-state index in [9.17, 15) is 4.79 Å². The summed E-state index contributed by atoms with van der Waals surface area (Å²) in [6.07, 6.45) is 0. The molecule has 0 saturated carbocycles. The fraction of sp³-hybridized carbons (Fsp3) is 0.192. The van der Waals surface area contributed by atoms with Gasteiger partial charge in [-0.25, -0.2) is 4.79 Å². The highest BCUT2D eigenvalue weighted by molar-refractivity contribution is 6.30. The average molecular weight is 494 g/mol. The molecule has 8 heteroatoms. The van der Waals surface area contributed by atoms with Crippen molar-refractivity contribution in [3.05, 3.63) is 83.9 Å². The number of carbonyl (C=O) groups excluding carboxylic acids is 1. The fourth-order valence-electron chi connectivity index (χ4n) is 4.30. The molecule has 4 aromatic rings. The summed E-state index contributed by atoms with van der Waals surface area (Å²) in [6, 6.07) is 25.5. The number of piperazine rings is 1. The lowest BCUT2D eigenvalue weighted by Crippen LogP contribution is -2.55. The molecule has 1 fully saturated rings. The van der Waals surface area contributed by atoms with E-state index in [2.05, 4.69) is 51.6 Å². The maximum Gasteiger partial charge on any atom is 0.321 e. The van der Waals surface area contributed by atoms with Crippen LogP contribution in [0.4, 0.5) is 16.3 Å². The van der Waals surface area contributed by atoms with Crippen LogP contribution in [0.3, 0.4) is 0 Å². The van der Waals surface area contributed by atoms with E-state index in [1.54, 1.807) is 24.3 Å². The molecule has 0 aliphatic carbocycles. The van der Waals surface area contributed by atoms with Crippen LogP contribution in [0.2, 0.25) is 5.02 Å². The second-order valence-electron chi connectivity index (χ2n) is 8.21. The summed E-state index contributed by atoms with van der Waals surface area (Å²) in [7, 11) is 0. The van der Waals surface area contributed by atoms with E-state index in [1.807, 2.05) is 35.2 Å². The summed E-state index contributed by atoms with van der Waals surface area (Å²) < 4.78 is 0. The van der Waals surface area contributed by atoms with Gasteiger partial charge >= 0.3 is 6.03 Å². The molecule has 1 aliphatic rings. The van der Waals surface area contributed by atoms with Crippen molar-refractivity contribution >= 4 is 52.3 Å². The third kappa shape index (κ3) is 4.79. The Balaban J connectivity index is 0.00000274. The third-order valence-electron chi connectivity index (χ3n) is 6.00. The Labute approximate surface area is 210 Å². The van der Waals surface area contributed by atoms with Crippen LogP contribution in [-0.2, 0) is 0 Å². The second kappa shape index (κ2) is 10.3. The molecular weight excluding hydrogens is 469 g/mol. The van der Waals surface area contributed by atoms with Crippen LogP contribution in [0.15, 0.2) is 78.9 Å². The lowest BCUT2D eigenvalue weighted by atomic mass is 10.0. The van der Waals surface area contributed by atoms with Crippen LogP contribution in [0.5, 0.6) is 0 Å². The summed E-state index contributed by atoms with van der Waals surface area (Å²) >= 11 is 5.94. The molecule has 34 heavy (non-hydrogen) atoms. The largest absolute Gasteiger partial charge is 0.348 e. The smallest absolute Gasteiger partial charge is 0.321 e. The first kappa shape index (κ1) is 23.8. The van der Waals surface area contributed by atoms with Crippen LogP contribution in [0, 0.1) is 0 Å². The maximum atomic E-state index is 12.8. The van der Waals surface area contributed by atoms with Gasteiger partial charge < -0.3 is 15.1 Å². The van der Waals surface area contributed by atoms with Crippen LogP contribution < -0.4 is 10.2 Å². The van der Waals surface area contributed by atoms with Gasteiger partial charge in [0.05, 0.1) is 0 Å². The molecule has 174 valence electrons. The van der Waals surface area contributed by atoms with E-state index in [4.69, 9.17) is 11.6 Å². The zero-order chi connectivity index (χ0) is 22.8. The number of rotatable bonds is 3. The third-order valence-corrected chi connectivity index (χ3v) is 6.25. The second-order valence-corrected chi connectivity index (χ2v) is 8.65. The minimum absolute atomic E-state index is 0. The van der Waals surface area contributed by atoms with Crippen molar-refractivity contribution in [1.29, 1.82) is 0 Å². The van der Waals surface area contributed by atoms with Gasteiger partial charge in [0.1, 0.15) is 5.69 Å². The van der Waals surface area contributed by atoms with E-state index >= 15 is 0 Å². The van der Waals surface area contributed by atoms with Crippen molar-refractivity contribution < 1.29 is 4.79 Å². The first-order valence-electron chi connectivity index (χ1n) is 11.0. The summed E-state index contributed by atoms with van der Waals surface area (Å²) in [5, 5.41) is 15.0. The number of fused-ring (bicyclic) bond motifs is 1. The van der Waals surface area contributed by atoms with Crippen LogP contribution in [0.25, 0.3) is 22.0 Å². The summed E-state index contributed by atoms with van der Waals surface area (Å²) in [6.45, 7) is 3.98. The minimum Gasteiger partial charge on any atom is -0.348 e. The number of amides is 2. The van der Waals surface area contributed by atoms with E-state index < -0.39 is 0 Å². The van der Waals surface area contributed by atoms with Gasteiger partial charge in [-0.1, -0.05) is 66.2 Å². The van der Waals surface area contributed by atoms with Crippen LogP contribution >= 0.6 is 24.0 Å². The van der Waals surface area contributed by atoms with Gasteiger partial charge in [0.25, 0.3) is 0 Å². The Hall–Kier alpha value is -3.35. The molecule has 0 bridgehead atoms. The lowest BCUT2D eigenvalue weighted by Gasteiger charge is -2.40. The topological polar surface area (TPSA) is 61.4 Å². The van der Waals surface area contributed by atoms with Crippen molar-refractivity contribution in [2.24, 2.45) is 0 Å². The quantitative estimate of drug-likeness (QED) is 0.373. The molecule has 2 amide bonds. The van der Waals surface area contributed by atoms with Gasteiger partial charge in [0, 0.05) is 52.7 Å². The number of nitrogens with one attached hydrogen (secondary N) is 1. The molecule has 0 radical (unpaired) electrons. The Kier molecular flexibility index (Phi) is 7.20. The number of nitrogens with zero attached hydrogens (tertiary/aromatic N) is 4. The molecule has 1 atom stereocenters. The summed E-state index contributed by atoms with van der Waals surface area (Å²) in [5.74, 6) is 0.857. The lowest BCUT2D eigenvalue weighted by molar-refractivity contribution is 0.200. The number of anilines is 2. The van der Waals surface area contributed by atoms with E-state index in [0.29, 0.717) is 24.7 Å². The van der Waals surface area contributed by atoms with Gasteiger partial charge in [0.15, 0.2) is 5.82 Å². The molecule has 1 N–H and O–H groups in total. The first-order valence-corrected chi connectivity index (χ1v) is 11.4. The predicted molar refractivity (Wildman–Crippen MR) is 141 cm³/mol. The predicted octanol–water partition coefficient (Wildman–Crippen LogP) is 6.11. The first-order chi connectivity index (χ1) is 16.1.